The lowest BCUT2D eigenvalue weighted by molar-refractivity contribution is -0.697. The van der Waals surface area contributed by atoms with Gasteiger partial charge in [-0.25, -0.2) is 4.57 Å². The minimum Gasteiger partial charge on any atom is -1.00 e. The number of anilines is 1. The number of benzene rings is 1. The normalized spacial score (nSPS) is 9.91. The summed E-state index contributed by atoms with van der Waals surface area (Å²) in [6, 6.07) is 11.2. The maximum atomic E-state index is 11.9. The van der Waals surface area contributed by atoms with Crippen molar-refractivity contribution in [1.29, 1.82) is 0 Å². The fourth-order valence-electron chi connectivity index (χ4n) is 1.98. The van der Waals surface area contributed by atoms with Crippen LogP contribution in [0.25, 0.3) is 0 Å². The lowest BCUT2D eigenvalue weighted by Crippen LogP contribution is -3.00. The van der Waals surface area contributed by atoms with Gasteiger partial charge in [-0.15, -0.1) is 0 Å². The Kier molecular flexibility index (Phi) is 8.46. The minimum atomic E-state index is -0.0442. The van der Waals surface area contributed by atoms with E-state index >= 15 is 0 Å². The number of amides is 1. The Labute approximate surface area is 151 Å². The Hall–Kier alpha value is -1.10. The highest BCUT2D eigenvalue weighted by atomic mass is 79.9. The van der Waals surface area contributed by atoms with Crippen LogP contribution in [0.1, 0.15) is 19.3 Å². The summed E-state index contributed by atoms with van der Waals surface area (Å²) in [6.45, 7) is 0.909. The Bertz CT molecular complexity index is 608. The molecule has 0 fully saturated rings. The zero-order chi connectivity index (χ0) is 15.1. The second-order valence-corrected chi connectivity index (χ2v) is 5.51. The van der Waals surface area contributed by atoms with Crippen LogP contribution in [0.5, 0.6) is 0 Å². The molecule has 3 nitrogen and oxygen atoms in total. The van der Waals surface area contributed by atoms with Crippen molar-refractivity contribution in [3.05, 3.63) is 58.8 Å². The molecule has 1 aromatic carbocycles. The highest BCUT2D eigenvalue weighted by Gasteiger charge is 2.08. The molecule has 6 heteroatoms. The van der Waals surface area contributed by atoms with E-state index in [0.717, 1.165) is 19.4 Å². The molecule has 1 heterocycles. The van der Waals surface area contributed by atoms with Crippen molar-refractivity contribution < 1.29 is 26.3 Å². The van der Waals surface area contributed by atoms with Gasteiger partial charge in [0.1, 0.15) is 6.54 Å². The molecule has 0 spiro atoms. The van der Waals surface area contributed by atoms with E-state index in [2.05, 4.69) is 9.88 Å². The predicted molar refractivity (Wildman–Crippen MR) is 85.6 cm³/mol. The van der Waals surface area contributed by atoms with Gasteiger partial charge in [0.25, 0.3) is 0 Å². The lowest BCUT2D eigenvalue weighted by atomic mass is 10.2. The first kappa shape index (κ1) is 18.9. The van der Waals surface area contributed by atoms with Gasteiger partial charge in [-0.05, 0) is 18.6 Å². The molecular formula is C16H17BrCl2N2O. The Balaban J connectivity index is 0.00000242. The molecule has 1 aromatic heterocycles. The molecule has 0 saturated heterocycles. The van der Waals surface area contributed by atoms with Gasteiger partial charge in [0.2, 0.25) is 5.91 Å². The van der Waals surface area contributed by atoms with E-state index in [1.807, 2.05) is 30.6 Å². The molecule has 0 saturated carbocycles. The maximum Gasteiger partial charge on any atom is 0.224 e. The average Bonchev–Trinajstić information content (AvgIpc) is 2.49. The van der Waals surface area contributed by atoms with Crippen LogP contribution in [0.15, 0.2) is 48.8 Å². The summed E-state index contributed by atoms with van der Waals surface area (Å²) in [7, 11) is 0. The summed E-state index contributed by atoms with van der Waals surface area (Å²) in [5.74, 6) is -0.0442. The number of carbonyl (C=O) groups is 1. The fraction of sp³-hybridized carbons (Fsp3) is 0.250. The van der Waals surface area contributed by atoms with E-state index < -0.39 is 0 Å². The van der Waals surface area contributed by atoms with Crippen LogP contribution in [-0.4, -0.2) is 5.91 Å². The van der Waals surface area contributed by atoms with E-state index in [1.54, 1.807) is 18.2 Å². The van der Waals surface area contributed by atoms with E-state index in [0.29, 0.717) is 22.2 Å². The number of rotatable bonds is 6. The van der Waals surface area contributed by atoms with E-state index in [-0.39, 0.29) is 22.9 Å². The second kappa shape index (κ2) is 9.82. The number of carbonyl (C=O) groups excluding carboxylic acids is 1. The molecule has 0 aliphatic rings. The highest BCUT2D eigenvalue weighted by Crippen LogP contribution is 2.29. The zero-order valence-corrected chi connectivity index (χ0v) is 15.0. The Morgan fingerprint density at radius 3 is 2.50 bits per heavy atom. The molecule has 0 atom stereocenters. The average molecular weight is 404 g/mol. The highest BCUT2D eigenvalue weighted by molar-refractivity contribution is 6.43. The summed E-state index contributed by atoms with van der Waals surface area (Å²) < 4.78 is 2.10. The minimum absolute atomic E-state index is 0. The number of hydrogen-bond donors (Lipinski definition) is 1. The summed E-state index contributed by atoms with van der Waals surface area (Å²) in [5, 5.41) is 3.61. The van der Waals surface area contributed by atoms with Crippen LogP contribution in [-0.2, 0) is 11.3 Å². The lowest BCUT2D eigenvalue weighted by Gasteiger charge is -2.07. The van der Waals surface area contributed by atoms with Crippen LogP contribution >= 0.6 is 23.2 Å². The summed E-state index contributed by atoms with van der Waals surface area (Å²) >= 11 is 11.9. The molecule has 1 amide bonds. The Morgan fingerprint density at radius 2 is 1.77 bits per heavy atom. The SMILES string of the molecule is O=C(CCCC[n+]1ccccc1)Nc1cccc(Cl)c1Cl.[Br-]. The van der Waals surface area contributed by atoms with E-state index in [4.69, 9.17) is 23.2 Å². The van der Waals surface area contributed by atoms with Crippen molar-refractivity contribution in [3.63, 3.8) is 0 Å². The third kappa shape index (κ3) is 5.95. The first-order chi connectivity index (χ1) is 10.2. The quantitative estimate of drug-likeness (QED) is 0.568. The van der Waals surface area contributed by atoms with Gasteiger partial charge in [-0.1, -0.05) is 35.3 Å². The second-order valence-electron chi connectivity index (χ2n) is 4.72. The maximum absolute atomic E-state index is 11.9. The molecule has 1 N–H and O–H groups in total. The monoisotopic (exact) mass is 402 g/mol. The van der Waals surface area contributed by atoms with Crippen molar-refractivity contribution in [3.8, 4) is 0 Å². The zero-order valence-electron chi connectivity index (χ0n) is 11.9. The largest absolute Gasteiger partial charge is 1.00 e. The number of halogens is 3. The number of pyridine rings is 1. The topological polar surface area (TPSA) is 33.0 Å². The first-order valence-corrected chi connectivity index (χ1v) is 7.60. The van der Waals surface area contributed by atoms with Gasteiger partial charge >= 0.3 is 0 Å². The van der Waals surface area contributed by atoms with Crippen LogP contribution < -0.4 is 26.9 Å². The summed E-state index contributed by atoms with van der Waals surface area (Å²) in [5.41, 5.74) is 0.562. The van der Waals surface area contributed by atoms with E-state index in [1.165, 1.54) is 0 Å². The third-order valence-corrected chi connectivity index (χ3v) is 3.89. The van der Waals surface area contributed by atoms with Crippen molar-refractivity contribution in [2.75, 3.05) is 5.32 Å². The van der Waals surface area contributed by atoms with Crippen molar-refractivity contribution in [2.45, 2.75) is 25.8 Å². The number of nitrogens with one attached hydrogen (secondary N) is 1. The molecule has 0 aliphatic carbocycles. The van der Waals surface area contributed by atoms with Crippen molar-refractivity contribution in [1.82, 2.24) is 0 Å². The van der Waals surface area contributed by atoms with Gasteiger partial charge in [0.15, 0.2) is 12.4 Å². The standard InChI is InChI=1S/C16H16Cl2N2O.BrH/c17-13-7-6-8-14(16(13)18)19-15(21)9-2-5-12-20-10-3-1-4-11-20;/h1,3-4,6-8,10-11H,2,5,9,12H2;1H. The number of aryl methyl sites for hydroxylation is 1. The molecule has 0 unspecified atom stereocenters. The Morgan fingerprint density at radius 1 is 1.05 bits per heavy atom. The van der Waals surface area contributed by atoms with Gasteiger partial charge in [0, 0.05) is 25.0 Å². The van der Waals surface area contributed by atoms with E-state index in [9.17, 15) is 4.79 Å². The summed E-state index contributed by atoms with van der Waals surface area (Å²) in [4.78, 5) is 11.9. The first-order valence-electron chi connectivity index (χ1n) is 6.85. The predicted octanol–water partition coefficient (Wildman–Crippen LogP) is 1.09. The number of aromatic nitrogens is 1. The molecule has 118 valence electrons. The third-order valence-electron chi connectivity index (χ3n) is 3.07. The van der Waals surface area contributed by atoms with Gasteiger partial charge in [-0.3, -0.25) is 4.79 Å². The number of hydrogen-bond acceptors (Lipinski definition) is 1. The van der Waals surface area contributed by atoms with Gasteiger partial charge in [-0.2, -0.15) is 0 Å². The van der Waals surface area contributed by atoms with Crippen molar-refractivity contribution in [2.24, 2.45) is 0 Å². The molecule has 2 rings (SSSR count). The van der Waals surface area contributed by atoms with Crippen LogP contribution in [0, 0.1) is 0 Å². The number of unbranched alkanes of at least 4 members (excludes halogenated alkanes) is 1. The van der Waals surface area contributed by atoms with Crippen LogP contribution in [0.4, 0.5) is 5.69 Å². The molecule has 0 bridgehead atoms. The molecule has 0 radical (unpaired) electrons. The molecule has 2 aromatic rings. The smallest absolute Gasteiger partial charge is 0.224 e. The molecular weight excluding hydrogens is 387 g/mol. The van der Waals surface area contributed by atoms with Gasteiger partial charge < -0.3 is 22.3 Å². The fourth-order valence-corrected chi connectivity index (χ4v) is 2.32. The molecule has 0 aliphatic heterocycles. The summed E-state index contributed by atoms with van der Waals surface area (Å²) in [6.07, 6.45) is 6.28. The number of nitrogens with zero attached hydrogens (tertiary/aromatic N) is 1. The van der Waals surface area contributed by atoms with Gasteiger partial charge in [0.05, 0.1) is 15.7 Å². The van der Waals surface area contributed by atoms with Crippen molar-refractivity contribution >= 4 is 34.8 Å². The van der Waals surface area contributed by atoms with Crippen LogP contribution in [0.3, 0.4) is 0 Å². The molecule has 22 heavy (non-hydrogen) atoms. The van der Waals surface area contributed by atoms with Crippen LogP contribution in [0.2, 0.25) is 10.0 Å².